The number of nitrogens with one attached hydrogen (secondary N) is 3. The van der Waals surface area contributed by atoms with Crippen molar-refractivity contribution in [3.63, 3.8) is 0 Å². The maximum Gasteiger partial charge on any atom is 0.227 e. The molecular formula is C17H26ClN3O2. The van der Waals surface area contributed by atoms with Crippen molar-refractivity contribution in [1.82, 2.24) is 5.32 Å². The van der Waals surface area contributed by atoms with E-state index in [0.29, 0.717) is 18.7 Å². The Labute approximate surface area is 144 Å². The van der Waals surface area contributed by atoms with Gasteiger partial charge < -0.3 is 16.0 Å². The number of halogens is 1. The van der Waals surface area contributed by atoms with Gasteiger partial charge in [0.2, 0.25) is 11.8 Å². The molecule has 0 aliphatic heterocycles. The molecule has 0 radical (unpaired) electrons. The SMILES string of the molecule is CNCCC(=O)Nc1cccc(NC(=O)C2CCCCC2)c1.Cl. The van der Waals surface area contributed by atoms with E-state index in [4.69, 9.17) is 0 Å². The summed E-state index contributed by atoms with van der Waals surface area (Å²) in [6, 6.07) is 7.32. The van der Waals surface area contributed by atoms with Crippen LogP contribution in [-0.4, -0.2) is 25.4 Å². The second-order valence-electron chi connectivity index (χ2n) is 5.81. The van der Waals surface area contributed by atoms with Crippen LogP contribution >= 0.6 is 12.4 Å². The van der Waals surface area contributed by atoms with Crippen LogP contribution in [0.3, 0.4) is 0 Å². The maximum absolute atomic E-state index is 12.2. The van der Waals surface area contributed by atoms with E-state index in [2.05, 4.69) is 16.0 Å². The van der Waals surface area contributed by atoms with Gasteiger partial charge in [-0.05, 0) is 38.1 Å². The number of amides is 2. The van der Waals surface area contributed by atoms with Gasteiger partial charge in [-0.15, -0.1) is 12.4 Å². The number of hydrogen-bond acceptors (Lipinski definition) is 3. The van der Waals surface area contributed by atoms with Crippen LogP contribution in [0.25, 0.3) is 0 Å². The molecular weight excluding hydrogens is 314 g/mol. The molecule has 1 saturated carbocycles. The van der Waals surface area contributed by atoms with E-state index in [0.717, 1.165) is 31.4 Å². The fraction of sp³-hybridized carbons (Fsp3) is 0.529. The third-order valence-corrected chi connectivity index (χ3v) is 3.99. The van der Waals surface area contributed by atoms with E-state index >= 15 is 0 Å². The summed E-state index contributed by atoms with van der Waals surface area (Å²) < 4.78 is 0. The average Bonchev–Trinajstić information content (AvgIpc) is 2.54. The van der Waals surface area contributed by atoms with Crippen LogP contribution < -0.4 is 16.0 Å². The molecule has 2 amide bonds. The molecule has 5 nitrogen and oxygen atoms in total. The molecule has 0 saturated heterocycles. The summed E-state index contributed by atoms with van der Waals surface area (Å²) in [5.41, 5.74) is 1.45. The molecule has 1 fully saturated rings. The van der Waals surface area contributed by atoms with Crippen molar-refractivity contribution in [1.29, 1.82) is 0 Å². The number of carbonyl (C=O) groups is 2. The zero-order valence-corrected chi connectivity index (χ0v) is 14.4. The fourth-order valence-corrected chi connectivity index (χ4v) is 2.75. The molecule has 0 heterocycles. The van der Waals surface area contributed by atoms with Gasteiger partial charge in [-0.25, -0.2) is 0 Å². The van der Waals surface area contributed by atoms with Crippen molar-refractivity contribution in [2.75, 3.05) is 24.2 Å². The van der Waals surface area contributed by atoms with Gasteiger partial charge in [0.1, 0.15) is 0 Å². The second-order valence-corrected chi connectivity index (χ2v) is 5.81. The van der Waals surface area contributed by atoms with Crippen LogP contribution in [0, 0.1) is 5.92 Å². The van der Waals surface area contributed by atoms with E-state index < -0.39 is 0 Å². The van der Waals surface area contributed by atoms with Crippen molar-refractivity contribution in [2.24, 2.45) is 5.92 Å². The summed E-state index contributed by atoms with van der Waals surface area (Å²) >= 11 is 0. The van der Waals surface area contributed by atoms with Crippen LogP contribution in [0.5, 0.6) is 0 Å². The van der Waals surface area contributed by atoms with E-state index in [1.54, 1.807) is 6.07 Å². The van der Waals surface area contributed by atoms with E-state index in [9.17, 15) is 9.59 Å². The monoisotopic (exact) mass is 339 g/mol. The Morgan fingerprint density at radius 3 is 2.39 bits per heavy atom. The Balaban J connectivity index is 0.00000264. The van der Waals surface area contributed by atoms with E-state index in [1.165, 1.54) is 6.42 Å². The molecule has 0 spiro atoms. The smallest absolute Gasteiger partial charge is 0.227 e. The third-order valence-electron chi connectivity index (χ3n) is 3.99. The molecule has 0 aromatic heterocycles. The summed E-state index contributed by atoms with van der Waals surface area (Å²) in [4.78, 5) is 23.9. The van der Waals surface area contributed by atoms with Crippen LogP contribution in [0.15, 0.2) is 24.3 Å². The molecule has 1 aliphatic rings. The Morgan fingerprint density at radius 1 is 1.09 bits per heavy atom. The molecule has 23 heavy (non-hydrogen) atoms. The first-order valence-electron chi connectivity index (χ1n) is 8.04. The standard InChI is InChI=1S/C17H25N3O2.ClH/c1-18-11-10-16(21)19-14-8-5-9-15(12-14)20-17(22)13-6-3-2-4-7-13;/h5,8-9,12-13,18H,2-4,6-7,10-11H2,1H3,(H,19,21)(H,20,22);1H. The highest BCUT2D eigenvalue weighted by Gasteiger charge is 2.21. The highest BCUT2D eigenvalue weighted by molar-refractivity contribution is 5.95. The zero-order valence-electron chi connectivity index (χ0n) is 13.6. The van der Waals surface area contributed by atoms with Gasteiger partial charge in [-0.1, -0.05) is 25.3 Å². The molecule has 2 rings (SSSR count). The van der Waals surface area contributed by atoms with Gasteiger partial charge in [-0.3, -0.25) is 9.59 Å². The van der Waals surface area contributed by atoms with Crippen molar-refractivity contribution < 1.29 is 9.59 Å². The van der Waals surface area contributed by atoms with Crippen LogP contribution in [0.4, 0.5) is 11.4 Å². The lowest BCUT2D eigenvalue weighted by molar-refractivity contribution is -0.120. The number of benzene rings is 1. The summed E-state index contributed by atoms with van der Waals surface area (Å²) in [6.07, 6.45) is 5.89. The van der Waals surface area contributed by atoms with Gasteiger partial charge in [-0.2, -0.15) is 0 Å². The highest BCUT2D eigenvalue weighted by atomic mass is 35.5. The second kappa shape index (κ2) is 10.2. The Hall–Kier alpha value is -1.59. The normalized spacial score (nSPS) is 14.7. The largest absolute Gasteiger partial charge is 0.326 e. The van der Waals surface area contributed by atoms with Crippen molar-refractivity contribution in [2.45, 2.75) is 38.5 Å². The lowest BCUT2D eigenvalue weighted by atomic mass is 9.88. The zero-order chi connectivity index (χ0) is 15.8. The lowest BCUT2D eigenvalue weighted by Crippen LogP contribution is -2.24. The van der Waals surface area contributed by atoms with Crippen LogP contribution in [-0.2, 0) is 9.59 Å². The topological polar surface area (TPSA) is 70.2 Å². The predicted molar refractivity (Wildman–Crippen MR) is 96.1 cm³/mol. The highest BCUT2D eigenvalue weighted by Crippen LogP contribution is 2.25. The minimum atomic E-state index is -0.0369. The molecule has 0 atom stereocenters. The summed E-state index contributed by atoms with van der Waals surface area (Å²) in [5.74, 6) is 0.186. The maximum atomic E-state index is 12.2. The van der Waals surface area contributed by atoms with E-state index in [1.807, 2.05) is 25.2 Å². The minimum Gasteiger partial charge on any atom is -0.326 e. The summed E-state index contributed by atoms with van der Waals surface area (Å²) in [5, 5.41) is 8.75. The number of carbonyl (C=O) groups excluding carboxylic acids is 2. The van der Waals surface area contributed by atoms with Gasteiger partial charge in [0.05, 0.1) is 0 Å². The van der Waals surface area contributed by atoms with Gasteiger partial charge in [0.15, 0.2) is 0 Å². The molecule has 1 aliphatic carbocycles. The molecule has 0 unspecified atom stereocenters. The first-order chi connectivity index (χ1) is 10.7. The number of rotatable bonds is 6. The van der Waals surface area contributed by atoms with Gasteiger partial charge >= 0.3 is 0 Å². The molecule has 1 aromatic rings. The van der Waals surface area contributed by atoms with Crippen molar-refractivity contribution >= 4 is 35.6 Å². The van der Waals surface area contributed by atoms with Gasteiger partial charge in [0, 0.05) is 30.3 Å². The van der Waals surface area contributed by atoms with Crippen molar-refractivity contribution in [3.05, 3.63) is 24.3 Å². The minimum absolute atomic E-state index is 0. The molecule has 6 heteroatoms. The van der Waals surface area contributed by atoms with Crippen LogP contribution in [0.2, 0.25) is 0 Å². The lowest BCUT2D eigenvalue weighted by Gasteiger charge is -2.20. The molecule has 128 valence electrons. The molecule has 0 bridgehead atoms. The summed E-state index contributed by atoms with van der Waals surface area (Å²) in [7, 11) is 1.81. The molecule has 3 N–H and O–H groups in total. The van der Waals surface area contributed by atoms with E-state index in [-0.39, 0.29) is 30.1 Å². The number of anilines is 2. The third kappa shape index (κ3) is 6.59. The number of hydrogen-bond donors (Lipinski definition) is 3. The average molecular weight is 340 g/mol. The first-order valence-corrected chi connectivity index (χ1v) is 8.04. The Bertz CT molecular complexity index is 516. The first kappa shape index (κ1) is 19.5. The molecule has 1 aromatic carbocycles. The summed E-state index contributed by atoms with van der Waals surface area (Å²) in [6.45, 7) is 0.643. The predicted octanol–water partition coefficient (Wildman–Crippen LogP) is 3.18. The Morgan fingerprint density at radius 2 is 1.74 bits per heavy atom. The Kier molecular flexibility index (Phi) is 8.66. The van der Waals surface area contributed by atoms with Crippen molar-refractivity contribution in [3.8, 4) is 0 Å². The fourth-order valence-electron chi connectivity index (χ4n) is 2.75. The quantitative estimate of drug-likeness (QED) is 0.745. The van der Waals surface area contributed by atoms with Gasteiger partial charge in [0.25, 0.3) is 0 Å². The van der Waals surface area contributed by atoms with Crippen LogP contribution in [0.1, 0.15) is 38.5 Å².